The number of amides is 1. The van der Waals surface area contributed by atoms with E-state index in [1.165, 1.54) is 43.2 Å². The van der Waals surface area contributed by atoms with Crippen molar-refractivity contribution in [2.45, 2.75) is 80.3 Å². The highest BCUT2D eigenvalue weighted by Gasteiger charge is 2.33. The van der Waals surface area contributed by atoms with E-state index in [2.05, 4.69) is 29.7 Å². The Labute approximate surface area is 199 Å². The fourth-order valence-electron chi connectivity index (χ4n) is 3.86. The molecule has 1 aromatic carbocycles. The van der Waals surface area contributed by atoms with Crippen LogP contribution in [0.5, 0.6) is 0 Å². The average molecular weight is 493 g/mol. The minimum atomic E-state index is -3.56. The van der Waals surface area contributed by atoms with Gasteiger partial charge in [0.25, 0.3) is 0 Å². The van der Waals surface area contributed by atoms with E-state index in [0.29, 0.717) is 11.7 Å². The van der Waals surface area contributed by atoms with Crippen LogP contribution in [-0.4, -0.2) is 53.5 Å². The van der Waals surface area contributed by atoms with Crippen LogP contribution in [0.2, 0.25) is 0 Å². The number of nitrogens with one attached hydrogen (secondary N) is 2. The molecular formula is C22H32N6O3S2. The van der Waals surface area contributed by atoms with Crippen molar-refractivity contribution in [1.29, 1.82) is 0 Å². The Hall–Kier alpha value is -2.11. The van der Waals surface area contributed by atoms with E-state index in [0.717, 1.165) is 37.0 Å². The van der Waals surface area contributed by atoms with Crippen molar-refractivity contribution in [2.24, 2.45) is 0 Å². The highest BCUT2D eigenvalue weighted by Crippen LogP contribution is 2.42. The molecule has 1 aromatic heterocycles. The predicted molar refractivity (Wildman–Crippen MR) is 130 cm³/mol. The van der Waals surface area contributed by atoms with Gasteiger partial charge in [-0.2, -0.15) is 0 Å². The van der Waals surface area contributed by atoms with Crippen LogP contribution in [0.15, 0.2) is 34.3 Å². The van der Waals surface area contributed by atoms with Crippen LogP contribution in [0.1, 0.15) is 58.9 Å². The Kier molecular flexibility index (Phi) is 7.30. The molecule has 0 radical (unpaired) electrons. The van der Waals surface area contributed by atoms with Gasteiger partial charge in [-0.1, -0.05) is 11.8 Å². The van der Waals surface area contributed by atoms with Gasteiger partial charge >= 0.3 is 0 Å². The molecule has 1 aliphatic heterocycles. The van der Waals surface area contributed by atoms with Crippen LogP contribution in [-0.2, 0) is 14.8 Å². The third-order valence-electron chi connectivity index (χ3n) is 5.67. The molecule has 0 spiro atoms. The smallest absolute Gasteiger partial charge is 0.240 e. The molecule has 1 saturated heterocycles. The molecule has 1 unspecified atom stereocenters. The molecule has 9 nitrogen and oxygen atoms in total. The van der Waals surface area contributed by atoms with Crippen LogP contribution in [0.3, 0.4) is 0 Å². The van der Waals surface area contributed by atoms with Gasteiger partial charge in [0.1, 0.15) is 0 Å². The van der Waals surface area contributed by atoms with Gasteiger partial charge in [-0.15, -0.1) is 10.2 Å². The van der Waals surface area contributed by atoms with Crippen LogP contribution in [0.4, 0.5) is 11.6 Å². The fourth-order valence-corrected chi connectivity index (χ4v) is 6.03. The van der Waals surface area contributed by atoms with Gasteiger partial charge in [-0.05, 0) is 77.1 Å². The van der Waals surface area contributed by atoms with Gasteiger partial charge in [-0.3, -0.25) is 9.36 Å². The summed E-state index contributed by atoms with van der Waals surface area (Å²) in [5.74, 6) is 0.764. The second-order valence-electron chi connectivity index (χ2n) is 8.98. The number of anilines is 2. The van der Waals surface area contributed by atoms with E-state index >= 15 is 0 Å². The first-order valence-corrected chi connectivity index (χ1v) is 13.9. The highest BCUT2D eigenvalue weighted by molar-refractivity contribution is 8.00. The molecule has 4 rings (SSSR count). The molecule has 1 aliphatic carbocycles. The van der Waals surface area contributed by atoms with Crippen molar-refractivity contribution < 1.29 is 13.2 Å². The number of carbonyl (C=O) groups is 1. The molecule has 1 amide bonds. The molecule has 33 heavy (non-hydrogen) atoms. The molecule has 2 aromatic rings. The Morgan fingerprint density at radius 3 is 2.33 bits per heavy atom. The molecular weight excluding hydrogens is 460 g/mol. The van der Waals surface area contributed by atoms with Gasteiger partial charge in [0.2, 0.25) is 21.9 Å². The Bertz CT molecular complexity index is 1070. The zero-order chi connectivity index (χ0) is 23.6. The quantitative estimate of drug-likeness (QED) is 0.516. The van der Waals surface area contributed by atoms with Crippen molar-refractivity contribution in [3.8, 4) is 0 Å². The standard InChI is InChI=1S/C22H32N6O3S2/c1-15(2)26-33(30,31)19-11-7-17(8-12-19)23-20(29)16(3)32-22-25-24-21(28(22)18-9-10-18)27-13-5-4-6-14-27/h7-8,11-12,15-16,18,26H,4-6,9-10,13-14H2,1-3H3,(H,23,29). The second kappa shape index (κ2) is 10.0. The number of benzene rings is 1. The van der Waals surface area contributed by atoms with Crippen LogP contribution >= 0.6 is 11.8 Å². The lowest BCUT2D eigenvalue weighted by atomic mass is 10.1. The van der Waals surface area contributed by atoms with Gasteiger partial charge in [0, 0.05) is 30.9 Å². The van der Waals surface area contributed by atoms with Crippen molar-refractivity contribution in [2.75, 3.05) is 23.3 Å². The summed E-state index contributed by atoms with van der Waals surface area (Å²) in [4.78, 5) is 15.3. The maximum Gasteiger partial charge on any atom is 0.240 e. The summed E-state index contributed by atoms with van der Waals surface area (Å²) in [6, 6.07) is 6.42. The predicted octanol–water partition coefficient (Wildman–Crippen LogP) is 3.41. The zero-order valence-electron chi connectivity index (χ0n) is 19.3. The van der Waals surface area contributed by atoms with E-state index in [-0.39, 0.29) is 22.1 Å². The third kappa shape index (κ3) is 5.88. The van der Waals surface area contributed by atoms with E-state index in [9.17, 15) is 13.2 Å². The van der Waals surface area contributed by atoms with Crippen molar-refractivity contribution in [3.05, 3.63) is 24.3 Å². The highest BCUT2D eigenvalue weighted by atomic mass is 32.2. The summed E-state index contributed by atoms with van der Waals surface area (Å²) in [6.07, 6.45) is 5.84. The number of nitrogens with zero attached hydrogens (tertiary/aromatic N) is 4. The fraction of sp³-hybridized carbons (Fsp3) is 0.591. The lowest BCUT2D eigenvalue weighted by Gasteiger charge is -2.28. The van der Waals surface area contributed by atoms with E-state index in [1.807, 2.05) is 6.92 Å². The van der Waals surface area contributed by atoms with Gasteiger partial charge < -0.3 is 10.2 Å². The van der Waals surface area contributed by atoms with Crippen LogP contribution in [0.25, 0.3) is 0 Å². The molecule has 2 N–H and O–H groups in total. The molecule has 2 fully saturated rings. The molecule has 2 aliphatic rings. The second-order valence-corrected chi connectivity index (χ2v) is 12.0. The van der Waals surface area contributed by atoms with Crippen LogP contribution < -0.4 is 14.9 Å². The zero-order valence-corrected chi connectivity index (χ0v) is 21.0. The number of hydrogen-bond donors (Lipinski definition) is 2. The lowest BCUT2D eigenvalue weighted by Crippen LogP contribution is -2.32. The number of piperidine rings is 1. The first-order chi connectivity index (χ1) is 15.7. The van der Waals surface area contributed by atoms with E-state index < -0.39 is 10.0 Å². The van der Waals surface area contributed by atoms with Gasteiger partial charge in [-0.25, -0.2) is 13.1 Å². The summed E-state index contributed by atoms with van der Waals surface area (Å²) in [5, 5.41) is 12.2. The lowest BCUT2D eigenvalue weighted by molar-refractivity contribution is -0.115. The molecule has 0 bridgehead atoms. The summed E-state index contributed by atoms with van der Waals surface area (Å²) < 4.78 is 29.3. The Morgan fingerprint density at radius 1 is 1.06 bits per heavy atom. The largest absolute Gasteiger partial charge is 0.341 e. The molecule has 2 heterocycles. The first-order valence-electron chi connectivity index (χ1n) is 11.5. The number of aromatic nitrogens is 3. The maximum atomic E-state index is 12.8. The normalized spacial score (nSPS) is 17.9. The van der Waals surface area contributed by atoms with Gasteiger partial charge in [0.05, 0.1) is 10.1 Å². The number of rotatable bonds is 9. The minimum Gasteiger partial charge on any atom is -0.341 e. The van der Waals surface area contributed by atoms with E-state index in [4.69, 9.17) is 0 Å². The number of sulfonamides is 1. The number of hydrogen-bond acceptors (Lipinski definition) is 7. The topological polar surface area (TPSA) is 109 Å². The summed E-state index contributed by atoms with van der Waals surface area (Å²) in [5.41, 5.74) is 0.550. The maximum absolute atomic E-state index is 12.8. The molecule has 11 heteroatoms. The molecule has 1 atom stereocenters. The Balaban J connectivity index is 1.41. The molecule has 1 saturated carbocycles. The van der Waals surface area contributed by atoms with E-state index in [1.54, 1.807) is 26.0 Å². The van der Waals surface area contributed by atoms with Crippen molar-refractivity contribution in [3.63, 3.8) is 0 Å². The monoisotopic (exact) mass is 492 g/mol. The average Bonchev–Trinajstić information content (AvgIpc) is 3.53. The summed E-state index contributed by atoms with van der Waals surface area (Å²) in [6.45, 7) is 7.39. The SMILES string of the molecule is CC(C)NS(=O)(=O)c1ccc(NC(=O)C(C)Sc2nnc(N3CCCCC3)n2C2CC2)cc1. The number of thioether (sulfide) groups is 1. The van der Waals surface area contributed by atoms with Crippen molar-refractivity contribution >= 4 is 39.3 Å². The first kappa shape index (κ1) is 24.0. The summed E-state index contributed by atoms with van der Waals surface area (Å²) in [7, 11) is -3.56. The third-order valence-corrected chi connectivity index (χ3v) is 8.40. The minimum absolute atomic E-state index is 0.166. The van der Waals surface area contributed by atoms with Crippen molar-refractivity contribution in [1.82, 2.24) is 19.5 Å². The molecule has 180 valence electrons. The van der Waals surface area contributed by atoms with Crippen LogP contribution in [0, 0.1) is 0 Å². The number of carbonyl (C=O) groups excluding carboxylic acids is 1. The Morgan fingerprint density at radius 2 is 1.73 bits per heavy atom. The summed E-state index contributed by atoms with van der Waals surface area (Å²) >= 11 is 1.41. The van der Waals surface area contributed by atoms with Gasteiger partial charge in [0.15, 0.2) is 5.16 Å².